The molecule has 0 radical (unpaired) electrons. The van der Waals surface area contributed by atoms with E-state index in [1.807, 2.05) is 36.4 Å². The average Bonchev–Trinajstić information content (AvgIpc) is 2.80. The molecule has 0 saturated heterocycles. The molecule has 3 aromatic rings. The summed E-state index contributed by atoms with van der Waals surface area (Å²) in [5.74, 6) is 0.904. The zero-order valence-corrected chi connectivity index (χ0v) is 14.1. The Morgan fingerprint density at radius 3 is 2.62 bits per heavy atom. The highest BCUT2D eigenvalue weighted by atomic mass is 79.9. The van der Waals surface area contributed by atoms with Gasteiger partial charge in [0.15, 0.2) is 0 Å². The molecule has 3 nitrogen and oxygen atoms in total. The Bertz CT molecular complexity index is 824. The van der Waals surface area contributed by atoms with Crippen molar-refractivity contribution in [2.24, 2.45) is 0 Å². The van der Waals surface area contributed by atoms with Gasteiger partial charge in [0, 0.05) is 26.8 Å². The molecule has 0 aliphatic rings. The minimum atomic E-state index is 0.272. The third kappa shape index (κ3) is 2.54. The number of anilines is 1. The van der Waals surface area contributed by atoms with E-state index < -0.39 is 0 Å². The molecule has 3 rings (SSSR count). The summed E-state index contributed by atoms with van der Waals surface area (Å²) in [6.07, 6.45) is 0. The molecule has 5 heteroatoms. The zero-order chi connectivity index (χ0) is 15.1. The van der Waals surface area contributed by atoms with Gasteiger partial charge < -0.3 is 10.3 Å². The Labute approximate surface area is 136 Å². The number of nitrogens with two attached hydrogens (primary N) is 1. The number of imidazole rings is 1. The zero-order valence-electron chi connectivity index (χ0n) is 11.8. The summed E-state index contributed by atoms with van der Waals surface area (Å²) in [5, 5.41) is 0.714. The third-order valence-corrected chi connectivity index (χ3v) is 4.38. The molecule has 0 atom stereocenters. The first-order valence-electron chi connectivity index (χ1n) is 6.70. The molecular formula is C16H15BrClN3. The van der Waals surface area contributed by atoms with Gasteiger partial charge in [-0.1, -0.05) is 11.6 Å². The average molecular weight is 365 g/mol. The van der Waals surface area contributed by atoms with E-state index in [9.17, 15) is 0 Å². The summed E-state index contributed by atoms with van der Waals surface area (Å²) in [5.41, 5.74) is 9.67. The fourth-order valence-corrected chi connectivity index (χ4v) is 2.89. The van der Waals surface area contributed by atoms with Crippen molar-refractivity contribution >= 4 is 44.3 Å². The molecule has 2 aromatic carbocycles. The topological polar surface area (TPSA) is 43.8 Å². The van der Waals surface area contributed by atoms with E-state index >= 15 is 0 Å². The standard InChI is InChI=1S/C16H15BrClN3/c1-9(2)21-15-8-11(18)4-6-14(15)20-16(21)10-3-5-12(17)13(19)7-10/h3-9H,19H2,1-2H3. The highest BCUT2D eigenvalue weighted by Gasteiger charge is 2.15. The van der Waals surface area contributed by atoms with Gasteiger partial charge in [-0.2, -0.15) is 0 Å². The number of benzene rings is 2. The minimum absolute atomic E-state index is 0.272. The highest BCUT2D eigenvalue weighted by molar-refractivity contribution is 9.10. The summed E-state index contributed by atoms with van der Waals surface area (Å²) in [7, 11) is 0. The Balaban J connectivity index is 2.30. The van der Waals surface area contributed by atoms with Gasteiger partial charge in [0.05, 0.1) is 11.0 Å². The fourth-order valence-electron chi connectivity index (χ4n) is 2.48. The smallest absolute Gasteiger partial charge is 0.141 e. The maximum atomic E-state index is 6.13. The summed E-state index contributed by atoms with van der Waals surface area (Å²) in [6.45, 7) is 4.27. The minimum Gasteiger partial charge on any atom is -0.398 e. The van der Waals surface area contributed by atoms with Gasteiger partial charge in [0.2, 0.25) is 0 Å². The van der Waals surface area contributed by atoms with Gasteiger partial charge in [-0.15, -0.1) is 0 Å². The van der Waals surface area contributed by atoms with Crippen LogP contribution in [0.3, 0.4) is 0 Å². The Kier molecular flexibility index (Phi) is 3.68. The number of hydrogen-bond acceptors (Lipinski definition) is 2. The maximum absolute atomic E-state index is 6.13. The number of aromatic nitrogens is 2. The molecule has 108 valence electrons. The molecular weight excluding hydrogens is 350 g/mol. The number of halogens is 2. The quantitative estimate of drug-likeness (QED) is 0.628. The molecule has 1 aromatic heterocycles. The van der Waals surface area contributed by atoms with Crippen LogP contribution in [0.4, 0.5) is 5.69 Å². The van der Waals surface area contributed by atoms with Gasteiger partial charge in [-0.25, -0.2) is 4.98 Å². The Morgan fingerprint density at radius 2 is 1.95 bits per heavy atom. The van der Waals surface area contributed by atoms with E-state index in [0.717, 1.165) is 26.9 Å². The predicted molar refractivity (Wildman–Crippen MR) is 92.7 cm³/mol. The molecule has 0 saturated carbocycles. The predicted octanol–water partition coefficient (Wildman–Crippen LogP) is 5.28. The van der Waals surface area contributed by atoms with Crippen LogP contribution in [0, 0.1) is 0 Å². The molecule has 21 heavy (non-hydrogen) atoms. The molecule has 0 aliphatic carbocycles. The lowest BCUT2D eigenvalue weighted by molar-refractivity contribution is 0.624. The second-order valence-corrected chi connectivity index (χ2v) is 6.56. The Hall–Kier alpha value is -1.52. The van der Waals surface area contributed by atoms with Crippen LogP contribution in [0.5, 0.6) is 0 Å². The van der Waals surface area contributed by atoms with E-state index in [4.69, 9.17) is 22.3 Å². The van der Waals surface area contributed by atoms with Crippen molar-refractivity contribution in [3.8, 4) is 11.4 Å². The molecule has 0 unspecified atom stereocenters. The second kappa shape index (κ2) is 5.35. The molecule has 0 spiro atoms. The number of hydrogen-bond donors (Lipinski definition) is 1. The molecule has 0 fully saturated rings. The number of nitrogens with zero attached hydrogens (tertiary/aromatic N) is 2. The van der Waals surface area contributed by atoms with E-state index in [2.05, 4.69) is 34.3 Å². The Morgan fingerprint density at radius 1 is 1.19 bits per heavy atom. The second-order valence-electron chi connectivity index (χ2n) is 5.27. The first-order chi connectivity index (χ1) is 9.97. The number of rotatable bonds is 2. The van der Waals surface area contributed by atoms with Crippen molar-refractivity contribution < 1.29 is 0 Å². The van der Waals surface area contributed by atoms with Gasteiger partial charge in [0.25, 0.3) is 0 Å². The largest absolute Gasteiger partial charge is 0.398 e. The lowest BCUT2D eigenvalue weighted by atomic mass is 10.2. The van der Waals surface area contributed by atoms with E-state index in [0.29, 0.717) is 10.7 Å². The van der Waals surface area contributed by atoms with Gasteiger partial charge >= 0.3 is 0 Å². The van der Waals surface area contributed by atoms with Crippen LogP contribution in [0.15, 0.2) is 40.9 Å². The summed E-state index contributed by atoms with van der Waals surface area (Å²) in [6, 6.07) is 11.9. The molecule has 0 amide bonds. The molecule has 0 bridgehead atoms. The summed E-state index contributed by atoms with van der Waals surface area (Å²) < 4.78 is 3.07. The van der Waals surface area contributed by atoms with Crippen molar-refractivity contribution in [2.45, 2.75) is 19.9 Å². The van der Waals surface area contributed by atoms with Crippen LogP contribution in [-0.2, 0) is 0 Å². The van der Waals surface area contributed by atoms with E-state index in [1.165, 1.54) is 0 Å². The van der Waals surface area contributed by atoms with Gasteiger partial charge in [-0.05, 0) is 66.2 Å². The van der Waals surface area contributed by atoms with Crippen molar-refractivity contribution in [1.29, 1.82) is 0 Å². The van der Waals surface area contributed by atoms with E-state index in [1.54, 1.807) is 0 Å². The van der Waals surface area contributed by atoms with Gasteiger partial charge in [0.1, 0.15) is 5.82 Å². The van der Waals surface area contributed by atoms with Crippen LogP contribution in [0.1, 0.15) is 19.9 Å². The molecule has 1 heterocycles. The maximum Gasteiger partial charge on any atom is 0.141 e. The van der Waals surface area contributed by atoms with Crippen LogP contribution in [-0.4, -0.2) is 9.55 Å². The van der Waals surface area contributed by atoms with Crippen molar-refractivity contribution in [3.05, 3.63) is 45.9 Å². The number of nitrogen functional groups attached to an aromatic ring is 1. The third-order valence-electron chi connectivity index (χ3n) is 3.42. The molecule has 0 aliphatic heterocycles. The summed E-state index contributed by atoms with van der Waals surface area (Å²) >= 11 is 9.55. The first-order valence-corrected chi connectivity index (χ1v) is 7.87. The van der Waals surface area contributed by atoms with Crippen LogP contribution in [0.25, 0.3) is 22.4 Å². The van der Waals surface area contributed by atoms with Crippen molar-refractivity contribution in [2.75, 3.05) is 5.73 Å². The summed E-state index contributed by atoms with van der Waals surface area (Å²) in [4.78, 5) is 4.75. The lowest BCUT2D eigenvalue weighted by Gasteiger charge is -2.13. The van der Waals surface area contributed by atoms with Crippen LogP contribution in [0.2, 0.25) is 5.02 Å². The van der Waals surface area contributed by atoms with Crippen LogP contribution >= 0.6 is 27.5 Å². The lowest BCUT2D eigenvalue weighted by Crippen LogP contribution is -2.03. The SMILES string of the molecule is CC(C)n1c(-c2ccc(Br)c(N)c2)nc2ccc(Cl)cc21. The number of fused-ring (bicyclic) bond motifs is 1. The van der Waals surface area contributed by atoms with Crippen molar-refractivity contribution in [3.63, 3.8) is 0 Å². The first kappa shape index (κ1) is 14.4. The van der Waals surface area contributed by atoms with Crippen molar-refractivity contribution in [1.82, 2.24) is 9.55 Å². The van der Waals surface area contributed by atoms with E-state index in [-0.39, 0.29) is 6.04 Å². The van der Waals surface area contributed by atoms with Gasteiger partial charge in [-0.3, -0.25) is 0 Å². The highest BCUT2D eigenvalue weighted by Crippen LogP contribution is 2.32. The molecule has 2 N–H and O–H groups in total. The van der Waals surface area contributed by atoms with Crippen LogP contribution < -0.4 is 5.73 Å². The normalized spacial score (nSPS) is 11.5. The fraction of sp³-hybridized carbons (Fsp3) is 0.188. The monoisotopic (exact) mass is 363 g/mol.